The van der Waals surface area contributed by atoms with Gasteiger partial charge >= 0.3 is 0 Å². The lowest BCUT2D eigenvalue weighted by Gasteiger charge is -2.42. The fourth-order valence-corrected chi connectivity index (χ4v) is 4.45. The number of hydrogen-bond acceptors (Lipinski definition) is 6. The van der Waals surface area contributed by atoms with Crippen molar-refractivity contribution in [1.82, 2.24) is 24.6 Å². The normalized spacial score (nSPS) is 19.5. The zero-order valence-corrected chi connectivity index (χ0v) is 18.6. The van der Waals surface area contributed by atoms with Crippen LogP contribution < -0.4 is 10.3 Å². The Morgan fingerprint density at radius 3 is 2.81 bits per heavy atom. The van der Waals surface area contributed by atoms with Crippen molar-refractivity contribution in [2.24, 2.45) is 0 Å². The van der Waals surface area contributed by atoms with Crippen LogP contribution in [0.1, 0.15) is 37.7 Å². The second-order valence-corrected chi connectivity index (χ2v) is 8.91. The summed E-state index contributed by atoms with van der Waals surface area (Å²) in [6.45, 7) is 4.83. The molecule has 2 fully saturated rings. The number of nitrogens with one attached hydrogen (secondary N) is 1. The molecule has 1 aromatic carbocycles. The molecule has 5 rings (SSSR count). The van der Waals surface area contributed by atoms with Crippen LogP contribution in [-0.2, 0) is 4.74 Å². The fraction of sp³-hybridized carbons (Fsp3) is 0.476. The maximum Gasteiger partial charge on any atom is 0.262 e. The van der Waals surface area contributed by atoms with Crippen molar-refractivity contribution in [3.63, 3.8) is 0 Å². The number of nitrogens with zero attached hydrogens (tertiary/aromatic N) is 4. The number of aromatic amines is 1. The van der Waals surface area contributed by atoms with Crippen molar-refractivity contribution in [3.05, 3.63) is 50.6 Å². The van der Waals surface area contributed by atoms with E-state index in [2.05, 4.69) is 15.0 Å². The fourth-order valence-electron chi connectivity index (χ4n) is 4.13. The van der Waals surface area contributed by atoms with Crippen LogP contribution in [0, 0.1) is 0 Å². The summed E-state index contributed by atoms with van der Waals surface area (Å²) in [7, 11) is 0. The van der Waals surface area contributed by atoms with Crippen molar-refractivity contribution in [2.45, 2.75) is 38.0 Å². The minimum Gasteiger partial charge on any atom is -0.486 e. The SMILES string of the molecule is CC(c1nc2c(cnn2C2CCOCC2)c(=O)[nH]1)N1CC(Oc2cc(Cl)ccc2Cl)C1. The van der Waals surface area contributed by atoms with Gasteiger partial charge < -0.3 is 14.5 Å². The molecule has 31 heavy (non-hydrogen) atoms. The summed E-state index contributed by atoms with van der Waals surface area (Å²) < 4.78 is 13.3. The van der Waals surface area contributed by atoms with E-state index < -0.39 is 0 Å². The molecule has 10 heteroatoms. The molecular weight excluding hydrogens is 441 g/mol. The number of fused-ring (bicyclic) bond motifs is 1. The van der Waals surface area contributed by atoms with E-state index in [-0.39, 0.29) is 23.7 Å². The number of halogens is 2. The Morgan fingerprint density at radius 1 is 1.26 bits per heavy atom. The number of ether oxygens (including phenoxy) is 2. The van der Waals surface area contributed by atoms with Crippen LogP contribution in [0.3, 0.4) is 0 Å². The Kier molecular flexibility index (Phi) is 5.64. The van der Waals surface area contributed by atoms with E-state index in [1.807, 2.05) is 11.6 Å². The molecule has 4 heterocycles. The minimum absolute atomic E-state index is 0.00152. The molecule has 0 amide bonds. The highest BCUT2D eigenvalue weighted by atomic mass is 35.5. The lowest BCUT2D eigenvalue weighted by molar-refractivity contribution is -0.00730. The molecular formula is C21H23Cl2N5O3. The summed E-state index contributed by atoms with van der Waals surface area (Å²) in [5.41, 5.74) is 0.473. The molecule has 0 bridgehead atoms. The summed E-state index contributed by atoms with van der Waals surface area (Å²) in [4.78, 5) is 22.6. The van der Waals surface area contributed by atoms with Gasteiger partial charge in [-0.15, -0.1) is 0 Å². The molecule has 1 N–H and O–H groups in total. The van der Waals surface area contributed by atoms with Gasteiger partial charge in [0.1, 0.15) is 23.1 Å². The van der Waals surface area contributed by atoms with Crippen molar-refractivity contribution in [2.75, 3.05) is 26.3 Å². The van der Waals surface area contributed by atoms with E-state index in [0.717, 1.165) is 12.8 Å². The second kappa shape index (κ2) is 8.43. The van der Waals surface area contributed by atoms with Gasteiger partial charge in [0.05, 0.1) is 23.3 Å². The standard InChI is InChI=1S/C21H23Cl2N5O3/c1-12(27-10-15(11-27)31-18-8-13(22)2-3-17(18)23)19-25-20-16(21(29)26-19)9-24-28(20)14-4-6-30-7-5-14/h2-3,8-9,12,14-15H,4-7,10-11H2,1H3,(H,25,26,29). The first-order valence-corrected chi connectivity index (χ1v) is 11.2. The minimum atomic E-state index is -0.163. The Labute approximate surface area is 189 Å². The van der Waals surface area contributed by atoms with E-state index in [4.69, 9.17) is 37.7 Å². The highest BCUT2D eigenvalue weighted by molar-refractivity contribution is 6.34. The third kappa shape index (κ3) is 4.05. The largest absolute Gasteiger partial charge is 0.486 e. The van der Waals surface area contributed by atoms with Crippen LogP contribution in [0.2, 0.25) is 10.0 Å². The Balaban J connectivity index is 1.31. The van der Waals surface area contributed by atoms with Gasteiger partial charge in [0.15, 0.2) is 5.65 Å². The van der Waals surface area contributed by atoms with Gasteiger partial charge in [0.25, 0.3) is 5.56 Å². The summed E-state index contributed by atoms with van der Waals surface area (Å²) in [5.74, 6) is 1.21. The monoisotopic (exact) mass is 463 g/mol. The van der Waals surface area contributed by atoms with E-state index in [1.165, 1.54) is 0 Å². The van der Waals surface area contributed by atoms with Gasteiger partial charge in [-0.25, -0.2) is 9.67 Å². The number of aromatic nitrogens is 4. The zero-order valence-electron chi connectivity index (χ0n) is 17.1. The molecule has 0 spiro atoms. The van der Waals surface area contributed by atoms with Crippen LogP contribution in [0.5, 0.6) is 5.75 Å². The zero-order chi connectivity index (χ0) is 21.5. The average Bonchev–Trinajstić information content (AvgIpc) is 3.17. The molecule has 0 aliphatic carbocycles. The molecule has 0 saturated carbocycles. The average molecular weight is 464 g/mol. The third-order valence-corrected chi connectivity index (χ3v) is 6.57. The molecule has 164 valence electrons. The van der Waals surface area contributed by atoms with Crippen LogP contribution in [0.25, 0.3) is 11.0 Å². The summed E-state index contributed by atoms with van der Waals surface area (Å²) >= 11 is 12.2. The summed E-state index contributed by atoms with van der Waals surface area (Å²) in [5, 5.41) is 6.09. The number of rotatable bonds is 5. The van der Waals surface area contributed by atoms with E-state index in [1.54, 1.807) is 24.4 Å². The van der Waals surface area contributed by atoms with Crippen molar-refractivity contribution < 1.29 is 9.47 Å². The maximum atomic E-state index is 12.7. The number of benzene rings is 1. The van der Waals surface area contributed by atoms with Gasteiger partial charge in [-0.2, -0.15) is 5.10 Å². The van der Waals surface area contributed by atoms with Crippen molar-refractivity contribution in [3.8, 4) is 5.75 Å². The Hall–Kier alpha value is -2.13. The lowest BCUT2D eigenvalue weighted by Crippen LogP contribution is -2.54. The predicted octanol–water partition coefficient (Wildman–Crippen LogP) is 3.60. The van der Waals surface area contributed by atoms with Gasteiger partial charge in [-0.1, -0.05) is 23.2 Å². The smallest absolute Gasteiger partial charge is 0.262 e. The Bertz CT molecular complexity index is 1150. The van der Waals surface area contributed by atoms with Crippen LogP contribution in [0.15, 0.2) is 29.2 Å². The van der Waals surface area contributed by atoms with E-state index in [0.29, 0.717) is 59.0 Å². The quantitative estimate of drug-likeness (QED) is 0.621. The van der Waals surface area contributed by atoms with Crippen LogP contribution in [-0.4, -0.2) is 57.1 Å². The van der Waals surface area contributed by atoms with Crippen molar-refractivity contribution >= 4 is 34.2 Å². The first-order chi connectivity index (χ1) is 15.0. The topological polar surface area (TPSA) is 85.3 Å². The molecule has 0 radical (unpaired) electrons. The highest BCUT2D eigenvalue weighted by Crippen LogP contribution is 2.32. The van der Waals surface area contributed by atoms with Crippen molar-refractivity contribution in [1.29, 1.82) is 0 Å². The first kappa shape index (κ1) is 20.8. The third-order valence-electron chi connectivity index (χ3n) is 6.03. The molecule has 2 aliphatic rings. The number of hydrogen-bond donors (Lipinski definition) is 1. The number of H-pyrrole nitrogens is 1. The molecule has 1 unspecified atom stereocenters. The van der Waals surface area contributed by atoms with E-state index in [9.17, 15) is 4.79 Å². The molecule has 8 nitrogen and oxygen atoms in total. The van der Waals surface area contributed by atoms with Crippen LogP contribution >= 0.6 is 23.2 Å². The molecule has 2 saturated heterocycles. The first-order valence-electron chi connectivity index (χ1n) is 10.4. The Morgan fingerprint density at radius 2 is 2.03 bits per heavy atom. The maximum absolute atomic E-state index is 12.7. The second-order valence-electron chi connectivity index (χ2n) is 8.07. The van der Waals surface area contributed by atoms with Gasteiger partial charge in [-0.05, 0) is 31.9 Å². The summed E-state index contributed by atoms with van der Waals surface area (Å²) in [6, 6.07) is 5.32. The molecule has 3 aromatic rings. The van der Waals surface area contributed by atoms with Gasteiger partial charge in [0.2, 0.25) is 0 Å². The summed E-state index contributed by atoms with van der Waals surface area (Å²) in [6.07, 6.45) is 3.34. The predicted molar refractivity (Wildman–Crippen MR) is 118 cm³/mol. The van der Waals surface area contributed by atoms with Gasteiger partial charge in [0, 0.05) is 37.4 Å². The van der Waals surface area contributed by atoms with Crippen LogP contribution in [0.4, 0.5) is 0 Å². The van der Waals surface area contributed by atoms with Gasteiger partial charge in [-0.3, -0.25) is 9.69 Å². The number of likely N-dealkylation sites (tertiary alicyclic amines) is 1. The highest BCUT2D eigenvalue weighted by Gasteiger charge is 2.34. The van der Waals surface area contributed by atoms with E-state index >= 15 is 0 Å². The molecule has 2 aromatic heterocycles. The molecule has 1 atom stereocenters. The molecule has 2 aliphatic heterocycles. The lowest BCUT2D eigenvalue weighted by atomic mass is 10.1.